The minimum atomic E-state index is -0.987. The second kappa shape index (κ2) is 9.09. The standard InChI is InChI=1S/C22H23ClN2O4/c1-14-18(23)9-6-10-19(14)24-21(27)15(2)29-22(28)17-11-20(26)25(13-17)12-16-7-4-3-5-8-16/h3-10,15,17H,11-13H2,1-2H3,(H,24,27)/t15-,17+/m0/s1. The predicted octanol–water partition coefficient (Wildman–Crippen LogP) is 3.57. The number of carbonyl (C=O) groups excluding carboxylic acids is 3. The van der Waals surface area contributed by atoms with E-state index < -0.39 is 23.9 Å². The number of likely N-dealkylation sites (tertiary alicyclic amines) is 1. The normalized spacial score (nSPS) is 17.1. The van der Waals surface area contributed by atoms with E-state index in [0.717, 1.165) is 11.1 Å². The van der Waals surface area contributed by atoms with Crippen LogP contribution in [-0.2, 0) is 25.7 Å². The van der Waals surface area contributed by atoms with Gasteiger partial charge in [0.1, 0.15) is 0 Å². The van der Waals surface area contributed by atoms with Crippen molar-refractivity contribution in [2.24, 2.45) is 5.92 Å². The van der Waals surface area contributed by atoms with E-state index in [1.807, 2.05) is 30.3 Å². The summed E-state index contributed by atoms with van der Waals surface area (Å²) in [6, 6.07) is 14.8. The van der Waals surface area contributed by atoms with Crippen molar-refractivity contribution < 1.29 is 19.1 Å². The molecule has 0 saturated carbocycles. The number of esters is 1. The Kier molecular flexibility index (Phi) is 6.54. The van der Waals surface area contributed by atoms with Gasteiger partial charge >= 0.3 is 5.97 Å². The molecule has 1 aliphatic rings. The van der Waals surface area contributed by atoms with Gasteiger partial charge in [-0.1, -0.05) is 48.0 Å². The maximum Gasteiger partial charge on any atom is 0.312 e. The van der Waals surface area contributed by atoms with Crippen LogP contribution < -0.4 is 5.32 Å². The number of benzene rings is 2. The average molecular weight is 415 g/mol. The third-order valence-corrected chi connectivity index (χ3v) is 5.36. The molecular weight excluding hydrogens is 392 g/mol. The van der Waals surface area contributed by atoms with E-state index in [1.165, 1.54) is 6.92 Å². The molecule has 1 heterocycles. The molecule has 0 spiro atoms. The highest BCUT2D eigenvalue weighted by Gasteiger charge is 2.36. The lowest BCUT2D eigenvalue weighted by atomic mass is 10.1. The van der Waals surface area contributed by atoms with Crippen molar-refractivity contribution in [2.45, 2.75) is 32.9 Å². The smallest absolute Gasteiger partial charge is 0.312 e. The quantitative estimate of drug-likeness (QED) is 0.733. The van der Waals surface area contributed by atoms with Crippen molar-refractivity contribution in [3.63, 3.8) is 0 Å². The molecule has 2 atom stereocenters. The molecule has 0 aromatic heterocycles. The second-order valence-electron chi connectivity index (χ2n) is 7.14. The van der Waals surface area contributed by atoms with Crippen molar-refractivity contribution in [3.8, 4) is 0 Å². The number of carbonyl (C=O) groups is 3. The van der Waals surface area contributed by atoms with Crippen molar-refractivity contribution in [1.29, 1.82) is 0 Å². The summed E-state index contributed by atoms with van der Waals surface area (Å²) in [7, 11) is 0. The molecule has 7 heteroatoms. The lowest BCUT2D eigenvalue weighted by Crippen LogP contribution is -2.33. The zero-order chi connectivity index (χ0) is 21.0. The molecular formula is C22H23ClN2O4. The van der Waals surface area contributed by atoms with Gasteiger partial charge in [0, 0.05) is 30.2 Å². The number of amides is 2. The predicted molar refractivity (Wildman–Crippen MR) is 110 cm³/mol. The second-order valence-corrected chi connectivity index (χ2v) is 7.55. The van der Waals surface area contributed by atoms with Crippen LogP contribution in [0, 0.1) is 12.8 Å². The zero-order valence-corrected chi connectivity index (χ0v) is 17.1. The summed E-state index contributed by atoms with van der Waals surface area (Å²) in [6.07, 6.45) is -0.896. The first-order valence-electron chi connectivity index (χ1n) is 9.43. The molecule has 29 heavy (non-hydrogen) atoms. The summed E-state index contributed by atoms with van der Waals surface area (Å²) < 4.78 is 5.32. The first kappa shape index (κ1) is 20.9. The van der Waals surface area contributed by atoms with Gasteiger partial charge in [-0.15, -0.1) is 0 Å². The molecule has 6 nitrogen and oxygen atoms in total. The number of rotatable bonds is 6. The molecule has 3 rings (SSSR count). The third kappa shape index (κ3) is 5.15. The van der Waals surface area contributed by atoms with E-state index in [2.05, 4.69) is 5.32 Å². The summed E-state index contributed by atoms with van der Waals surface area (Å²) in [5, 5.41) is 3.26. The Morgan fingerprint density at radius 2 is 1.93 bits per heavy atom. The Labute approximate surface area is 174 Å². The zero-order valence-electron chi connectivity index (χ0n) is 16.4. The van der Waals surface area contributed by atoms with Gasteiger partial charge in [0.15, 0.2) is 6.10 Å². The van der Waals surface area contributed by atoms with Gasteiger partial charge in [-0.25, -0.2) is 0 Å². The molecule has 1 fully saturated rings. The molecule has 0 radical (unpaired) electrons. The topological polar surface area (TPSA) is 75.7 Å². The van der Waals surface area contributed by atoms with Gasteiger partial charge in [-0.05, 0) is 37.1 Å². The van der Waals surface area contributed by atoms with E-state index in [-0.39, 0.29) is 18.9 Å². The molecule has 1 aliphatic heterocycles. The first-order chi connectivity index (χ1) is 13.8. The van der Waals surface area contributed by atoms with Crippen LogP contribution in [0.5, 0.6) is 0 Å². The van der Waals surface area contributed by atoms with E-state index in [0.29, 0.717) is 17.3 Å². The van der Waals surface area contributed by atoms with Gasteiger partial charge in [-0.3, -0.25) is 14.4 Å². The van der Waals surface area contributed by atoms with Crippen LogP contribution in [0.25, 0.3) is 0 Å². The lowest BCUT2D eigenvalue weighted by molar-refractivity contribution is -0.157. The van der Waals surface area contributed by atoms with Crippen LogP contribution in [-0.4, -0.2) is 35.3 Å². The van der Waals surface area contributed by atoms with E-state index in [9.17, 15) is 14.4 Å². The van der Waals surface area contributed by atoms with Crippen LogP contribution in [0.15, 0.2) is 48.5 Å². The van der Waals surface area contributed by atoms with E-state index in [1.54, 1.807) is 30.0 Å². The highest BCUT2D eigenvalue weighted by atomic mass is 35.5. The molecule has 2 amide bonds. The maximum atomic E-state index is 12.5. The van der Waals surface area contributed by atoms with Crippen LogP contribution >= 0.6 is 11.6 Å². The molecule has 2 aromatic rings. The molecule has 1 N–H and O–H groups in total. The molecule has 0 bridgehead atoms. The van der Waals surface area contributed by atoms with Crippen LogP contribution in [0.2, 0.25) is 5.02 Å². The van der Waals surface area contributed by atoms with Gasteiger partial charge in [0.2, 0.25) is 5.91 Å². The third-order valence-electron chi connectivity index (χ3n) is 4.95. The maximum absolute atomic E-state index is 12.5. The van der Waals surface area contributed by atoms with E-state index in [4.69, 9.17) is 16.3 Å². The number of hydrogen-bond donors (Lipinski definition) is 1. The molecule has 152 valence electrons. The van der Waals surface area contributed by atoms with Crippen molar-refractivity contribution in [1.82, 2.24) is 4.90 Å². The van der Waals surface area contributed by atoms with Gasteiger partial charge in [-0.2, -0.15) is 0 Å². The Balaban J connectivity index is 1.54. The minimum absolute atomic E-state index is 0.0907. The number of anilines is 1. The van der Waals surface area contributed by atoms with Gasteiger partial charge < -0.3 is 15.0 Å². The summed E-state index contributed by atoms with van der Waals surface area (Å²) in [5.41, 5.74) is 2.30. The molecule has 2 aromatic carbocycles. The number of hydrogen-bond acceptors (Lipinski definition) is 4. The Morgan fingerprint density at radius 3 is 2.66 bits per heavy atom. The van der Waals surface area contributed by atoms with E-state index >= 15 is 0 Å². The number of nitrogens with one attached hydrogen (secondary N) is 1. The van der Waals surface area contributed by atoms with Crippen molar-refractivity contribution in [2.75, 3.05) is 11.9 Å². The van der Waals surface area contributed by atoms with Crippen LogP contribution in [0.3, 0.4) is 0 Å². The van der Waals surface area contributed by atoms with Gasteiger partial charge in [0.25, 0.3) is 5.91 Å². The monoisotopic (exact) mass is 414 g/mol. The highest BCUT2D eigenvalue weighted by molar-refractivity contribution is 6.31. The number of halogens is 1. The van der Waals surface area contributed by atoms with Crippen molar-refractivity contribution >= 4 is 35.1 Å². The first-order valence-corrected chi connectivity index (χ1v) is 9.81. The number of ether oxygens (including phenoxy) is 1. The minimum Gasteiger partial charge on any atom is -0.452 e. The molecule has 0 aliphatic carbocycles. The molecule has 1 saturated heterocycles. The fraction of sp³-hybridized carbons (Fsp3) is 0.318. The Hall–Kier alpha value is -2.86. The fourth-order valence-electron chi connectivity index (χ4n) is 3.19. The molecule has 0 unspecified atom stereocenters. The highest BCUT2D eigenvalue weighted by Crippen LogP contribution is 2.24. The SMILES string of the molecule is Cc1c(Cl)cccc1NC(=O)[C@H](C)OC(=O)[C@@H]1CC(=O)N(Cc2ccccc2)C1. The number of nitrogens with zero attached hydrogens (tertiary/aromatic N) is 1. The average Bonchev–Trinajstić information content (AvgIpc) is 3.06. The summed E-state index contributed by atoms with van der Waals surface area (Å²) in [6.45, 7) is 4.04. The van der Waals surface area contributed by atoms with Crippen molar-refractivity contribution in [3.05, 3.63) is 64.7 Å². The summed E-state index contributed by atoms with van der Waals surface area (Å²) in [4.78, 5) is 38.8. The summed E-state index contributed by atoms with van der Waals surface area (Å²) in [5.74, 6) is -1.66. The van der Waals surface area contributed by atoms with Crippen LogP contribution in [0.1, 0.15) is 24.5 Å². The Bertz CT molecular complexity index is 916. The Morgan fingerprint density at radius 1 is 1.21 bits per heavy atom. The fourth-order valence-corrected chi connectivity index (χ4v) is 3.36. The lowest BCUT2D eigenvalue weighted by Gasteiger charge is -2.18. The van der Waals surface area contributed by atoms with Crippen LogP contribution in [0.4, 0.5) is 5.69 Å². The largest absolute Gasteiger partial charge is 0.452 e. The van der Waals surface area contributed by atoms with Gasteiger partial charge in [0.05, 0.1) is 5.92 Å². The summed E-state index contributed by atoms with van der Waals surface area (Å²) >= 11 is 6.06.